The van der Waals surface area contributed by atoms with Gasteiger partial charge in [-0.2, -0.15) is 6.07 Å². The molecule has 1 fully saturated rings. The van der Waals surface area contributed by atoms with Gasteiger partial charge < -0.3 is 30.9 Å². The Hall–Kier alpha value is 1.32. The Morgan fingerprint density at radius 1 is 1.09 bits per heavy atom. The second-order valence-electron chi connectivity index (χ2n) is 4.86. The molecule has 2 unspecified atom stereocenters. The average molecular weight is 458 g/mol. The quantitative estimate of drug-likeness (QED) is 0.558. The molecule has 126 valence electrons. The molecule has 1 aliphatic rings. The number of furan rings is 1. The van der Waals surface area contributed by atoms with Gasteiger partial charge in [-0.25, -0.2) is 6.92 Å². The van der Waals surface area contributed by atoms with Gasteiger partial charge in [-0.15, -0.1) is 6.07 Å². The van der Waals surface area contributed by atoms with Crippen molar-refractivity contribution >= 4 is 0 Å². The Morgan fingerprint density at radius 3 is 2.09 bits per heavy atom. The van der Waals surface area contributed by atoms with E-state index < -0.39 is 0 Å². The van der Waals surface area contributed by atoms with Crippen LogP contribution in [0.2, 0.25) is 0 Å². The van der Waals surface area contributed by atoms with Crippen molar-refractivity contribution in [3.63, 3.8) is 0 Å². The summed E-state index contributed by atoms with van der Waals surface area (Å²) in [5.74, 6) is 1.81. The van der Waals surface area contributed by atoms with Crippen LogP contribution >= 0.6 is 0 Å². The first-order valence-corrected chi connectivity index (χ1v) is 7.04. The van der Waals surface area contributed by atoms with Crippen LogP contribution in [0, 0.1) is 28.7 Å². The van der Waals surface area contributed by atoms with E-state index in [1.165, 1.54) is 19.3 Å². The minimum absolute atomic E-state index is 0. The molecule has 0 aromatic carbocycles. The van der Waals surface area contributed by atoms with E-state index in [1.807, 2.05) is 12.1 Å². The molecule has 0 N–H and O–H groups in total. The Balaban J connectivity index is -0.000000125. The van der Waals surface area contributed by atoms with Crippen LogP contribution < -0.4 is 0 Å². The largest absolute Gasteiger partial charge is 0.501 e. The predicted molar refractivity (Wildman–Crippen MR) is 88.2 cm³/mol. The van der Waals surface area contributed by atoms with E-state index in [2.05, 4.69) is 27.7 Å². The van der Waals surface area contributed by atoms with E-state index in [1.54, 1.807) is 0 Å². The fourth-order valence-corrected chi connectivity index (χ4v) is 2.12. The van der Waals surface area contributed by atoms with Gasteiger partial charge in [0.25, 0.3) is 0 Å². The minimum Gasteiger partial charge on any atom is -0.501 e. The summed E-state index contributed by atoms with van der Waals surface area (Å²) in [5.41, 5.74) is 0. The van der Waals surface area contributed by atoms with E-state index in [0.717, 1.165) is 30.8 Å². The monoisotopic (exact) mass is 458 g/mol. The van der Waals surface area contributed by atoms with Crippen molar-refractivity contribution in [2.75, 3.05) is 0 Å². The third-order valence-electron chi connectivity index (χ3n) is 3.02. The van der Waals surface area contributed by atoms with Gasteiger partial charge in [0.2, 0.25) is 0 Å². The molecule has 1 aliphatic heterocycles. The van der Waals surface area contributed by atoms with Crippen molar-refractivity contribution in [2.45, 2.75) is 64.6 Å². The molecule has 1 aromatic rings. The van der Waals surface area contributed by atoms with E-state index >= 15 is 0 Å². The first kappa shape index (κ1) is 31.1. The van der Waals surface area contributed by atoms with Crippen LogP contribution in [0.1, 0.15) is 57.5 Å². The van der Waals surface area contributed by atoms with Gasteiger partial charge in [0, 0.05) is 71.8 Å². The molecule has 0 saturated carbocycles. The van der Waals surface area contributed by atoms with Gasteiger partial charge in [-0.3, -0.25) is 0 Å². The molecule has 1 saturated heterocycles. The van der Waals surface area contributed by atoms with Crippen LogP contribution in [0.3, 0.4) is 0 Å². The number of rotatable bonds is 4. The molecule has 2 rings (SSSR count). The van der Waals surface area contributed by atoms with E-state index in [4.69, 9.17) is 9.15 Å². The summed E-state index contributed by atoms with van der Waals surface area (Å²) in [6, 6.07) is 3.87. The fourth-order valence-electron chi connectivity index (χ4n) is 2.12. The van der Waals surface area contributed by atoms with Crippen LogP contribution in [0.4, 0.5) is 0 Å². The minimum atomic E-state index is 0. The zero-order chi connectivity index (χ0) is 13.4. The smallest absolute Gasteiger partial charge is 0.0819 e. The molecule has 4 heteroatoms. The molecule has 2 nitrogen and oxygen atoms in total. The molecule has 0 aliphatic carbocycles. The van der Waals surface area contributed by atoms with E-state index in [9.17, 15) is 0 Å². The topological polar surface area (TPSA) is 22.4 Å². The number of aryl methyl sites for hydroxylation is 1. The van der Waals surface area contributed by atoms with Crippen LogP contribution in [-0.2, 0) is 76.6 Å². The maximum Gasteiger partial charge on any atom is 0.0819 e. The fraction of sp³-hybridized carbons (Fsp3) is 0.556. The van der Waals surface area contributed by atoms with Gasteiger partial charge in [-0.05, 0) is 25.0 Å². The Kier molecular flexibility index (Phi) is 26.4. The van der Waals surface area contributed by atoms with Crippen LogP contribution in [0.25, 0.3) is 0 Å². The van der Waals surface area contributed by atoms with Crippen LogP contribution in [0.15, 0.2) is 16.5 Å². The Morgan fingerprint density at radius 2 is 1.73 bits per heavy atom. The number of hydrogen-bond donors (Lipinski definition) is 0. The molecule has 0 spiro atoms. The molecule has 0 bridgehead atoms. The molecule has 2 radical (unpaired) electrons. The maximum atomic E-state index is 5.49. The molecule has 22 heavy (non-hydrogen) atoms. The molecule has 2 atom stereocenters. The van der Waals surface area contributed by atoms with Crippen molar-refractivity contribution in [2.24, 2.45) is 0 Å². The van der Waals surface area contributed by atoms with Gasteiger partial charge in [0.15, 0.2) is 0 Å². The first-order chi connectivity index (χ1) is 8.65. The molecule has 1 aromatic heterocycles. The van der Waals surface area contributed by atoms with Gasteiger partial charge >= 0.3 is 0 Å². The third kappa shape index (κ3) is 13.7. The van der Waals surface area contributed by atoms with E-state index in [0.29, 0.717) is 6.10 Å². The predicted octanol–water partition coefficient (Wildman–Crippen LogP) is 5.48. The zero-order valence-corrected chi connectivity index (χ0v) is 20.6. The Bertz CT molecular complexity index is 325. The molecule has 2 heterocycles. The van der Waals surface area contributed by atoms with Crippen LogP contribution in [-0.4, -0.2) is 12.2 Å². The standard InChI is InChI=1S/C8H15O.C8H11O.2CH3.2Y/c2*1-3-4-8-6-5-7(2)9-8;;;;/h7-8H,2-6H2,1H3;5-6H,2-4H2,1H3;2*1H3;;/q4*-1;;. The van der Waals surface area contributed by atoms with Crippen molar-refractivity contribution in [1.29, 1.82) is 0 Å². The molecular weight excluding hydrogens is 426 g/mol. The van der Waals surface area contributed by atoms with Crippen molar-refractivity contribution in [1.82, 2.24) is 0 Å². The second-order valence-corrected chi connectivity index (χ2v) is 4.86. The normalized spacial score (nSPS) is 18.5. The number of ether oxygens (including phenoxy) is 1. The second kappa shape index (κ2) is 18.7. The summed E-state index contributed by atoms with van der Waals surface area (Å²) in [7, 11) is 0. The van der Waals surface area contributed by atoms with Gasteiger partial charge in [0.1, 0.15) is 0 Å². The van der Waals surface area contributed by atoms with E-state index in [-0.39, 0.29) is 86.4 Å². The maximum absolute atomic E-state index is 5.49. The first-order valence-electron chi connectivity index (χ1n) is 7.04. The van der Waals surface area contributed by atoms with Crippen molar-refractivity contribution in [3.05, 3.63) is 52.4 Å². The van der Waals surface area contributed by atoms with Gasteiger partial charge in [0.05, 0.1) is 11.9 Å². The summed E-state index contributed by atoms with van der Waals surface area (Å²) in [4.78, 5) is 0. The zero-order valence-electron chi connectivity index (χ0n) is 14.9. The van der Waals surface area contributed by atoms with Crippen LogP contribution in [0.5, 0.6) is 0 Å². The summed E-state index contributed by atoms with van der Waals surface area (Å²) < 4.78 is 10.7. The van der Waals surface area contributed by atoms with Crippen molar-refractivity contribution in [3.8, 4) is 0 Å². The summed E-state index contributed by atoms with van der Waals surface area (Å²) >= 11 is 0. The van der Waals surface area contributed by atoms with Crippen molar-refractivity contribution < 1.29 is 74.6 Å². The van der Waals surface area contributed by atoms with Gasteiger partial charge in [-0.1, -0.05) is 32.8 Å². The Labute approximate surface area is 189 Å². The third-order valence-corrected chi connectivity index (χ3v) is 3.02. The molecular formula is C18H32O2Y2-4. The average Bonchev–Trinajstić information content (AvgIpc) is 2.90. The molecule has 0 amide bonds. The summed E-state index contributed by atoms with van der Waals surface area (Å²) in [5, 5.41) is 0. The SMILES string of the molecule is [CH2-]C1CCC(CCC)O1.[CH2-]c1ccc(CCC)o1.[CH3-].[CH3-].[Y].[Y]. The number of hydrogen-bond acceptors (Lipinski definition) is 2. The summed E-state index contributed by atoms with van der Waals surface area (Å²) in [6.45, 7) is 11.8. The summed E-state index contributed by atoms with van der Waals surface area (Å²) in [6.07, 6.45) is 7.79.